The van der Waals surface area contributed by atoms with Crippen molar-refractivity contribution in [2.45, 2.75) is 12.8 Å². The van der Waals surface area contributed by atoms with Crippen LogP contribution in [0, 0.1) is 0 Å². The van der Waals surface area contributed by atoms with Crippen molar-refractivity contribution in [2.24, 2.45) is 0 Å². The molecule has 2 aromatic rings. The largest absolute Gasteiger partial charge is 0.339 e. The third-order valence-corrected chi connectivity index (χ3v) is 3.92. The number of hydrogen-bond donors (Lipinski definition) is 1. The monoisotopic (exact) mass is 346 g/mol. The molecule has 1 amide bonds. The van der Waals surface area contributed by atoms with E-state index in [4.69, 9.17) is 0 Å². The number of halogens is 1. The van der Waals surface area contributed by atoms with Crippen LogP contribution in [-0.2, 0) is 0 Å². The minimum absolute atomic E-state index is 0.0164. The van der Waals surface area contributed by atoms with Crippen molar-refractivity contribution in [3.05, 3.63) is 46.7 Å². The Morgan fingerprint density at radius 3 is 2.33 bits per heavy atom. The third kappa shape index (κ3) is 3.39. The molecule has 3 rings (SSSR count). The molecule has 1 N–H and O–H groups in total. The number of carbonyl (C=O) groups excluding carboxylic acids is 1. The van der Waals surface area contributed by atoms with Crippen LogP contribution >= 0.6 is 15.9 Å². The molecule has 2 heterocycles. The van der Waals surface area contributed by atoms with Gasteiger partial charge in [0.2, 0.25) is 5.95 Å². The molecule has 1 aliphatic rings. The fourth-order valence-corrected chi connectivity index (χ4v) is 2.53. The van der Waals surface area contributed by atoms with Gasteiger partial charge in [-0.3, -0.25) is 4.79 Å². The zero-order valence-electron chi connectivity index (χ0n) is 11.4. The highest BCUT2D eigenvalue weighted by Crippen LogP contribution is 2.17. The quantitative estimate of drug-likeness (QED) is 0.926. The van der Waals surface area contributed by atoms with E-state index in [0.29, 0.717) is 11.5 Å². The Labute approximate surface area is 131 Å². The first kappa shape index (κ1) is 14.0. The number of likely N-dealkylation sites (tertiary alicyclic amines) is 1. The summed E-state index contributed by atoms with van der Waals surface area (Å²) in [6.45, 7) is 1.66. The van der Waals surface area contributed by atoms with E-state index in [2.05, 4.69) is 31.2 Å². The van der Waals surface area contributed by atoms with Crippen molar-refractivity contribution in [3.8, 4) is 0 Å². The SMILES string of the molecule is O=C(c1cnc(Nc2ccc(Br)cc2)nc1)N1CCCC1. The molecule has 0 aliphatic carbocycles. The van der Waals surface area contributed by atoms with Crippen LogP contribution in [0.2, 0.25) is 0 Å². The minimum atomic E-state index is 0.0164. The fraction of sp³-hybridized carbons (Fsp3) is 0.267. The topological polar surface area (TPSA) is 58.1 Å². The molecular weight excluding hydrogens is 332 g/mol. The molecule has 6 heteroatoms. The molecule has 1 saturated heterocycles. The predicted molar refractivity (Wildman–Crippen MR) is 84.6 cm³/mol. The van der Waals surface area contributed by atoms with Crippen molar-refractivity contribution >= 4 is 33.5 Å². The first-order valence-corrected chi connectivity index (χ1v) is 7.65. The summed E-state index contributed by atoms with van der Waals surface area (Å²) in [4.78, 5) is 22.4. The summed E-state index contributed by atoms with van der Waals surface area (Å²) in [5.41, 5.74) is 1.44. The third-order valence-electron chi connectivity index (χ3n) is 3.39. The van der Waals surface area contributed by atoms with E-state index in [1.54, 1.807) is 12.4 Å². The van der Waals surface area contributed by atoms with Gasteiger partial charge < -0.3 is 10.2 Å². The number of aromatic nitrogens is 2. The van der Waals surface area contributed by atoms with E-state index >= 15 is 0 Å². The summed E-state index contributed by atoms with van der Waals surface area (Å²) < 4.78 is 1.01. The van der Waals surface area contributed by atoms with Crippen LogP contribution in [-0.4, -0.2) is 33.9 Å². The van der Waals surface area contributed by atoms with E-state index in [1.165, 1.54) is 0 Å². The van der Waals surface area contributed by atoms with Crippen LogP contribution in [0.3, 0.4) is 0 Å². The summed E-state index contributed by atoms with van der Waals surface area (Å²) >= 11 is 3.39. The summed E-state index contributed by atoms with van der Waals surface area (Å²) in [7, 11) is 0. The summed E-state index contributed by atoms with van der Waals surface area (Å²) in [5, 5.41) is 3.10. The van der Waals surface area contributed by atoms with Crippen LogP contribution in [0.15, 0.2) is 41.1 Å². The maximum absolute atomic E-state index is 12.2. The number of rotatable bonds is 3. The Morgan fingerprint density at radius 1 is 1.10 bits per heavy atom. The predicted octanol–water partition coefficient (Wildman–Crippen LogP) is 3.22. The van der Waals surface area contributed by atoms with Gasteiger partial charge in [0.05, 0.1) is 5.56 Å². The van der Waals surface area contributed by atoms with Gasteiger partial charge >= 0.3 is 0 Å². The van der Waals surface area contributed by atoms with Crippen molar-refractivity contribution in [1.29, 1.82) is 0 Å². The highest BCUT2D eigenvalue weighted by atomic mass is 79.9. The van der Waals surface area contributed by atoms with Gasteiger partial charge in [0.15, 0.2) is 0 Å². The fourth-order valence-electron chi connectivity index (χ4n) is 2.27. The number of benzene rings is 1. The lowest BCUT2D eigenvalue weighted by Gasteiger charge is -2.14. The number of carbonyl (C=O) groups is 1. The molecule has 1 fully saturated rings. The van der Waals surface area contributed by atoms with Crippen molar-refractivity contribution in [1.82, 2.24) is 14.9 Å². The Morgan fingerprint density at radius 2 is 1.71 bits per heavy atom. The average molecular weight is 347 g/mol. The first-order chi connectivity index (χ1) is 10.2. The number of nitrogens with zero attached hydrogens (tertiary/aromatic N) is 3. The molecule has 0 atom stereocenters. The lowest BCUT2D eigenvalue weighted by atomic mass is 10.3. The van der Waals surface area contributed by atoms with Gasteiger partial charge in [-0.15, -0.1) is 0 Å². The van der Waals surface area contributed by atoms with Gasteiger partial charge in [-0.1, -0.05) is 15.9 Å². The number of nitrogens with one attached hydrogen (secondary N) is 1. The molecule has 0 bridgehead atoms. The van der Waals surface area contributed by atoms with Gasteiger partial charge in [-0.05, 0) is 37.1 Å². The highest BCUT2D eigenvalue weighted by molar-refractivity contribution is 9.10. The molecule has 108 valence electrons. The molecule has 0 spiro atoms. The van der Waals surface area contributed by atoms with Gasteiger partial charge in [-0.2, -0.15) is 0 Å². The van der Waals surface area contributed by atoms with Crippen LogP contribution in [0.4, 0.5) is 11.6 Å². The van der Waals surface area contributed by atoms with Gasteiger partial charge in [-0.25, -0.2) is 9.97 Å². The van der Waals surface area contributed by atoms with Crippen molar-refractivity contribution in [3.63, 3.8) is 0 Å². The van der Waals surface area contributed by atoms with Gasteiger partial charge in [0.25, 0.3) is 5.91 Å². The summed E-state index contributed by atoms with van der Waals surface area (Å²) in [6, 6.07) is 7.73. The number of hydrogen-bond acceptors (Lipinski definition) is 4. The van der Waals surface area contributed by atoms with Gasteiger partial charge in [0, 0.05) is 35.6 Å². The number of anilines is 2. The summed E-state index contributed by atoms with van der Waals surface area (Å²) in [5.74, 6) is 0.498. The Hall–Kier alpha value is -1.95. The molecule has 0 unspecified atom stereocenters. The van der Waals surface area contributed by atoms with Crippen LogP contribution < -0.4 is 5.32 Å². The summed E-state index contributed by atoms with van der Waals surface area (Å²) in [6.07, 6.45) is 5.31. The van der Waals surface area contributed by atoms with E-state index in [0.717, 1.165) is 36.1 Å². The van der Waals surface area contributed by atoms with Crippen molar-refractivity contribution in [2.75, 3.05) is 18.4 Å². The second-order valence-corrected chi connectivity index (χ2v) is 5.84. The minimum Gasteiger partial charge on any atom is -0.339 e. The molecule has 1 aromatic carbocycles. The Kier molecular flexibility index (Phi) is 4.15. The Bertz CT molecular complexity index is 621. The maximum Gasteiger partial charge on any atom is 0.256 e. The molecule has 21 heavy (non-hydrogen) atoms. The number of amides is 1. The normalized spacial score (nSPS) is 14.2. The molecule has 5 nitrogen and oxygen atoms in total. The maximum atomic E-state index is 12.2. The molecule has 1 aromatic heterocycles. The molecule has 0 saturated carbocycles. The second kappa shape index (κ2) is 6.22. The smallest absolute Gasteiger partial charge is 0.256 e. The van der Waals surface area contributed by atoms with Gasteiger partial charge in [0.1, 0.15) is 0 Å². The van der Waals surface area contributed by atoms with Crippen LogP contribution in [0.25, 0.3) is 0 Å². The standard InChI is InChI=1S/C15H15BrN4O/c16-12-3-5-13(6-4-12)19-15-17-9-11(10-18-15)14(21)20-7-1-2-8-20/h3-6,9-10H,1-2,7-8H2,(H,17,18,19). The zero-order valence-corrected chi connectivity index (χ0v) is 13.0. The van der Waals surface area contributed by atoms with Crippen LogP contribution in [0.5, 0.6) is 0 Å². The first-order valence-electron chi connectivity index (χ1n) is 6.86. The van der Waals surface area contributed by atoms with E-state index in [-0.39, 0.29) is 5.91 Å². The highest BCUT2D eigenvalue weighted by Gasteiger charge is 2.19. The lowest BCUT2D eigenvalue weighted by Crippen LogP contribution is -2.27. The Balaban J connectivity index is 1.68. The second-order valence-electron chi connectivity index (χ2n) is 4.93. The zero-order chi connectivity index (χ0) is 14.7. The van der Waals surface area contributed by atoms with E-state index < -0.39 is 0 Å². The van der Waals surface area contributed by atoms with Crippen molar-refractivity contribution < 1.29 is 4.79 Å². The molecule has 0 radical (unpaired) electrons. The van der Waals surface area contributed by atoms with Crippen LogP contribution in [0.1, 0.15) is 23.2 Å². The molecule has 1 aliphatic heterocycles. The van der Waals surface area contributed by atoms with E-state index in [9.17, 15) is 4.79 Å². The average Bonchev–Trinajstić information content (AvgIpc) is 3.04. The van der Waals surface area contributed by atoms with E-state index in [1.807, 2.05) is 29.2 Å². The lowest BCUT2D eigenvalue weighted by molar-refractivity contribution is 0.0792. The molecular formula is C15H15BrN4O.